The second-order valence-electron chi connectivity index (χ2n) is 3.97. The summed E-state index contributed by atoms with van der Waals surface area (Å²) in [6.45, 7) is 0. The van der Waals surface area contributed by atoms with Crippen molar-refractivity contribution in [2.45, 2.75) is 37.3 Å². The van der Waals surface area contributed by atoms with Crippen molar-refractivity contribution in [2.24, 2.45) is 5.73 Å². The van der Waals surface area contributed by atoms with E-state index >= 15 is 0 Å². The minimum atomic E-state index is -0.636. The number of thiophene rings is 1. The third kappa shape index (κ3) is 1.89. The summed E-state index contributed by atoms with van der Waals surface area (Å²) in [6.07, 6.45) is 3.40. The molecule has 0 saturated heterocycles. The lowest BCUT2D eigenvalue weighted by Gasteiger charge is -2.34. The van der Waals surface area contributed by atoms with Gasteiger partial charge in [0, 0.05) is 10.5 Å². The molecule has 0 amide bonds. The predicted octanol–water partition coefficient (Wildman–Crippen LogP) is 2.60. The second-order valence-corrected chi connectivity index (χ2v) is 5.74. The number of hydrogen-bond donors (Lipinski definition) is 2. The molecular formula is C10H14BrNOS. The molecule has 0 unspecified atom stereocenters. The van der Waals surface area contributed by atoms with E-state index in [4.69, 9.17) is 5.73 Å². The topological polar surface area (TPSA) is 46.2 Å². The fourth-order valence-corrected chi connectivity index (χ4v) is 3.87. The van der Waals surface area contributed by atoms with Crippen molar-refractivity contribution < 1.29 is 5.11 Å². The van der Waals surface area contributed by atoms with Gasteiger partial charge in [0.1, 0.15) is 0 Å². The van der Waals surface area contributed by atoms with E-state index in [-0.39, 0.29) is 6.04 Å². The van der Waals surface area contributed by atoms with Gasteiger partial charge in [-0.3, -0.25) is 0 Å². The quantitative estimate of drug-likeness (QED) is 0.828. The van der Waals surface area contributed by atoms with Gasteiger partial charge in [-0.2, -0.15) is 0 Å². The minimum absolute atomic E-state index is 0.272. The Morgan fingerprint density at radius 3 is 2.64 bits per heavy atom. The molecule has 0 radical (unpaired) electrons. The van der Waals surface area contributed by atoms with Gasteiger partial charge in [-0.25, -0.2) is 0 Å². The first-order valence-corrected chi connectivity index (χ1v) is 6.50. The zero-order valence-corrected chi connectivity index (χ0v) is 10.3. The molecule has 1 aromatic rings. The highest BCUT2D eigenvalue weighted by atomic mass is 79.9. The summed E-state index contributed by atoms with van der Waals surface area (Å²) < 4.78 is 1.03. The van der Waals surface area contributed by atoms with E-state index in [0.29, 0.717) is 0 Å². The Morgan fingerprint density at radius 1 is 1.50 bits per heavy atom. The summed E-state index contributed by atoms with van der Waals surface area (Å²) in [5, 5.41) is 12.5. The van der Waals surface area contributed by atoms with Crippen LogP contribution in [0.25, 0.3) is 0 Å². The van der Waals surface area contributed by atoms with Crippen LogP contribution in [0.3, 0.4) is 0 Å². The smallest absolute Gasteiger partial charge is 0.1000 e. The molecule has 0 aromatic carbocycles. The van der Waals surface area contributed by atoms with Crippen LogP contribution in [0.15, 0.2) is 15.9 Å². The summed E-state index contributed by atoms with van der Waals surface area (Å²) in [7, 11) is 0. The van der Waals surface area contributed by atoms with Gasteiger partial charge in [0.2, 0.25) is 0 Å². The lowest BCUT2D eigenvalue weighted by Crippen LogP contribution is -2.36. The zero-order valence-electron chi connectivity index (χ0n) is 7.87. The van der Waals surface area contributed by atoms with Gasteiger partial charge < -0.3 is 10.8 Å². The Bertz CT molecular complexity index is 318. The predicted molar refractivity (Wildman–Crippen MR) is 62.4 cm³/mol. The molecule has 1 aliphatic carbocycles. The van der Waals surface area contributed by atoms with E-state index in [1.165, 1.54) is 0 Å². The molecule has 2 nitrogen and oxygen atoms in total. The second kappa shape index (κ2) is 3.93. The molecule has 1 fully saturated rings. The maximum atomic E-state index is 10.5. The first-order valence-electron chi connectivity index (χ1n) is 4.83. The Labute approximate surface area is 96.3 Å². The molecule has 0 spiro atoms. The average Bonchev–Trinajstić information content (AvgIpc) is 2.58. The maximum Gasteiger partial charge on any atom is 0.1000 e. The van der Waals surface area contributed by atoms with E-state index in [0.717, 1.165) is 35.0 Å². The number of halogens is 1. The molecular weight excluding hydrogens is 262 g/mol. The third-order valence-electron chi connectivity index (χ3n) is 2.90. The van der Waals surface area contributed by atoms with Crippen LogP contribution in [-0.2, 0) is 5.60 Å². The van der Waals surface area contributed by atoms with Crippen LogP contribution >= 0.6 is 27.3 Å². The zero-order chi connectivity index (χ0) is 10.2. The molecule has 0 aliphatic heterocycles. The summed E-state index contributed by atoms with van der Waals surface area (Å²) in [5.74, 6) is 0. The summed E-state index contributed by atoms with van der Waals surface area (Å²) in [4.78, 5) is 1.06. The van der Waals surface area contributed by atoms with Crippen LogP contribution in [0.4, 0.5) is 0 Å². The molecule has 14 heavy (non-hydrogen) atoms. The number of rotatable bonds is 1. The molecule has 0 atom stereocenters. The Morgan fingerprint density at radius 2 is 2.14 bits per heavy atom. The van der Waals surface area contributed by atoms with Crippen LogP contribution in [0.1, 0.15) is 30.6 Å². The van der Waals surface area contributed by atoms with E-state index in [1.807, 2.05) is 11.4 Å². The summed E-state index contributed by atoms with van der Waals surface area (Å²) in [6, 6.07) is 2.26. The van der Waals surface area contributed by atoms with Crippen molar-refractivity contribution in [2.75, 3.05) is 0 Å². The van der Waals surface area contributed by atoms with Gasteiger partial charge >= 0.3 is 0 Å². The van der Waals surface area contributed by atoms with Crippen LogP contribution in [0.5, 0.6) is 0 Å². The van der Waals surface area contributed by atoms with Crippen LogP contribution < -0.4 is 5.73 Å². The molecule has 2 rings (SSSR count). The maximum absolute atomic E-state index is 10.5. The fraction of sp³-hybridized carbons (Fsp3) is 0.600. The molecule has 4 heteroatoms. The standard InChI is InChI=1S/C10H14BrNOS/c11-8-3-6-14-9(8)10(13)4-1-7(12)2-5-10/h3,6-7,13H,1-2,4-5,12H2. The largest absolute Gasteiger partial charge is 0.384 e. The average molecular weight is 276 g/mol. The van der Waals surface area contributed by atoms with Gasteiger partial charge in [-0.15, -0.1) is 11.3 Å². The number of hydrogen-bond acceptors (Lipinski definition) is 3. The van der Waals surface area contributed by atoms with Crippen LogP contribution in [-0.4, -0.2) is 11.1 Å². The Kier molecular flexibility index (Phi) is 2.98. The fourth-order valence-electron chi connectivity index (χ4n) is 1.97. The van der Waals surface area contributed by atoms with Gasteiger partial charge in [-0.1, -0.05) is 0 Å². The first-order chi connectivity index (χ1) is 6.62. The molecule has 3 N–H and O–H groups in total. The van der Waals surface area contributed by atoms with E-state index in [9.17, 15) is 5.11 Å². The Balaban J connectivity index is 2.21. The highest BCUT2D eigenvalue weighted by Crippen LogP contribution is 2.42. The molecule has 1 aliphatic rings. The minimum Gasteiger partial charge on any atom is -0.384 e. The third-order valence-corrected chi connectivity index (χ3v) is 4.93. The van der Waals surface area contributed by atoms with Crippen molar-refractivity contribution in [3.63, 3.8) is 0 Å². The molecule has 1 saturated carbocycles. The van der Waals surface area contributed by atoms with Gasteiger partial charge in [0.05, 0.1) is 10.5 Å². The molecule has 78 valence electrons. The summed E-state index contributed by atoms with van der Waals surface area (Å²) in [5.41, 5.74) is 5.19. The number of aliphatic hydroxyl groups is 1. The van der Waals surface area contributed by atoms with E-state index < -0.39 is 5.60 Å². The first kappa shape index (κ1) is 10.6. The van der Waals surface area contributed by atoms with Crippen LogP contribution in [0, 0.1) is 0 Å². The van der Waals surface area contributed by atoms with Crippen molar-refractivity contribution >= 4 is 27.3 Å². The van der Waals surface area contributed by atoms with Crippen molar-refractivity contribution in [3.8, 4) is 0 Å². The lowest BCUT2D eigenvalue weighted by atomic mass is 9.81. The molecule has 1 aromatic heterocycles. The SMILES string of the molecule is NC1CCC(O)(c2sccc2Br)CC1. The lowest BCUT2D eigenvalue weighted by molar-refractivity contribution is -0.00216. The van der Waals surface area contributed by atoms with Crippen molar-refractivity contribution in [1.82, 2.24) is 0 Å². The van der Waals surface area contributed by atoms with Gasteiger partial charge in [0.25, 0.3) is 0 Å². The van der Waals surface area contributed by atoms with Crippen molar-refractivity contribution in [3.05, 3.63) is 20.8 Å². The van der Waals surface area contributed by atoms with Crippen molar-refractivity contribution in [1.29, 1.82) is 0 Å². The van der Waals surface area contributed by atoms with E-state index in [2.05, 4.69) is 15.9 Å². The van der Waals surface area contributed by atoms with Gasteiger partial charge in [0.15, 0.2) is 0 Å². The van der Waals surface area contributed by atoms with E-state index in [1.54, 1.807) is 11.3 Å². The van der Waals surface area contributed by atoms with Crippen LogP contribution in [0.2, 0.25) is 0 Å². The summed E-state index contributed by atoms with van der Waals surface area (Å²) >= 11 is 5.09. The molecule has 0 bridgehead atoms. The monoisotopic (exact) mass is 275 g/mol. The van der Waals surface area contributed by atoms with Gasteiger partial charge in [-0.05, 0) is 53.1 Å². The Hall–Kier alpha value is 0.100. The highest BCUT2D eigenvalue weighted by molar-refractivity contribution is 9.10. The molecule has 1 heterocycles. The normalized spacial score (nSPS) is 33.2. The highest BCUT2D eigenvalue weighted by Gasteiger charge is 2.35. The number of nitrogens with two attached hydrogens (primary N) is 1.